The number of nitro groups is 1. The van der Waals surface area contributed by atoms with Crippen LogP contribution in [0.5, 0.6) is 5.75 Å². The number of halogens is 1. The van der Waals surface area contributed by atoms with Crippen molar-refractivity contribution in [2.75, 3.05) is 26.0 Å². The summed E-state index contributed by atoms with van der Waals surface area (Å²) in [5, 5.41) is 17.2. The quantitative estimate of drug-likeness (QED) is 0.560. The van der Waals surface area contributed by atoms with Crippen molar-refractivity contribution in [3.8, 4) is 5.75 Å². The minimum absolute atomic E-state index is 0. The molecule has 1 atom stereocenters. The predicted octanol–water partition coefficient (Wildman–Crippen LogP) is 2.13. The number of hydrogen-bond donors (Lipinski definition) is 2. The molecule has 1 aliphatic heterocycles. The molecule has 0 bridgehead atoms. The van der Waals surface area contributed by atoms with Crippen LogP contribution in [-0.2, 0) is 10.5 Å². The number of thioether (sulfide) groups is 1. The third-order valence-electron chi connectivity index (χ3n) is 3.60. The number of nitro benzene ring substituents is 1. The average Bonchev–Trinajstić information content (AvgIpc) is 2.55. The van der Waals surface area contributed by atoms with E-state index >= 15 is 0 Å². The number of hydrogen-bond acceptors (Lipinski definition) is 6. The van der Waals surface area contributed by atoms with Gasteiger partial charge in [-0.05, 0) is 31.0 Å². The topological polar surface area (TPSA) is 93.5 Å². The standard InChI is InChI=1S/C15H21N3O4S.ClH/c1-22-14-5-4-11(7-13(14)18(20)21)9-23-10-15(19)17-12-3-2-6-16-8-12;/h4-5,7,12,16H,2-3,6,8-10H2,1H3,(H,17,19);1H. The first-order valence-electron chi connectivity index (χ1n) is 7.49. The van der Waals surface area contributed by atoms with Crippen molar-refractivity contribution in [2.45, 2.75) is 24.6 Å². The molecule has 0 aromatic heterocycles. The van der Waals surface area contributed by atoms with E-state index in [4.69, 9.17) is 4.74 Å². The molecule has 0 spiro atoms. The van der Waals surface area contributed by atoms with Crippen molar-refractivity contribution in [3.63, 3.8) is 0 Å². The number of carbonyl (C=O) groups is 1. The Balaban J connectivity index is 0.00000288. The first-order valence-corrected chi connectivity index (χ1v) is 8.64. The summed E-state index contributed by atoms with van der Waals surface area (Å²) in [5.74, 6) is 1.13. The van der Waals surface area contributed by atoms with E-state index in [2.05, 4.69) is 10.6 Å². The van der Waals surface area contributed by atoms with Gasteiger partial charge in [0.15, 0.2) is 5.75 Å². The van der Waals surface area contributed by atoms with Crippen LogP contribution in [0.15, 0.2) is 18.2 Å². The number of benzene rings is 1. The van der Waals surface area contributed by atoms with Crippen LogP contribution in [0.1, 0.15) is 18.4 Å². The number of carbonyl (C=O) groups excluding carboxylic acids is 1. The predicted molar refractivity (Wildman–Crippen MR) is 97.1 cm³/mol. The Morgan fingerprint density at radius 2 is 2.33 bits per heavy atom. The summed E-state index contributed by atoms with van der Waals surface area (Å²) in [6.07, 6.45) is 2.09. The SMILES string of the molecule is COc1ccc(CSCC(=O)NC2CCCNC2)cc1[N+](=O)[O-].Cl. The second-order valence-electron chi connectivity index (χ2n) is 5.37. The lowest BCUT2D eigenvalue weighted by Gasteiger charge is -2.23. The van der Waals surface area contributed by atoms with Gasteiger partial charge in [-0.15, -0.1) is 24.2 Å². The lowest BCUT2D eigenvalue weighted by molar-refractivity contribution is -0.385. The molecular weight excluding hydrogens is 354 g/mol. The molecule has 1 aliphatic rings. The molecule has 2 N–H and O–H groups in total. The summed E-state index contributed by atoms with van der Waals surface area (Å²) in [4.78, 5) is 22.4. The van der Waals surface area contributed by atoms with Gasteiger partial charge in [0.2, 0.25) is 5.91 Å². The lowest BCUT2D eigenvalue weighted by atomic mass is 10.1. The molecule has 0 radical (unpaired) electrons. The second-order valence-corrected chi connectivity index (χ2v) is 6.35. The Morgan fingerprint density at radius 3 is 2.96 bits per heavy atom. The Morgan fingerprint density at radius 1 is 1.54 bits per heavy atom. The molecule has 1 saturated heterocycles. The fourth-order valence-electron chi connectivity index (χ4n) is 2.47. The maximum Gasteiger partial charge on any atom is 0.311 e. The van der Waals surface area contributed by atoms with Crippen LogP contribution >= 0.6 is 24.2 Å². The smallest absolute Gasteiger partial charge is 0.311 e. The number of nitrogens with one attached hydrogen (secondary N) is 2. The van der Waals surface area contributed by atoms with Gasteiger partial charge in [-0.25, -0.2) is 0 Å². The fourth-order valence-corrected chi connectivity index (χ4v) is 3.26. The van der Waals surface area contributed by atoms with E-state index in [0.717, 1.165) is 31.5 Å². The van der Waals surface area contributed by atoms with Crippen molar-refractivity contribution in [3.05, 3.63) is 33.9 Å². The van der Waals surface area contributed by atoms with Gasteiger partial charge in [-0.1, -0.05) is 6.07 Å². The first kappa shape index (κ1) is 20.5. The molecule has 1 fully saturated rings. The monoisotopic (exact) mass is 375 g/mol. The van der Waals surface area contributed by atoms with Crippen LogP contribution < -0.4 is 15.4 Å². The zero-order chi connectivity index (χ0) is 16.7. The Kier molecular flexibility index (Phi) is 8.88. The number of nitrogens with zero attached hydrogens (tertiary/aromatic N) is 1. The van der Waals surface area contributed by atoms with Crippen LogP contribution in [0.25, 0.3) is 0 Å². The van der Waals surface area contributed by atoms with E-state index in [1.165, 1.54) is 24.9 Å². The van der Waals surface area contributed by atoms with Crippen molar-refractivity contribution in [2.24, 2.45) is 0 Å². The van der Waals surface area contributed by atoms with Gasteiger partial charge in [-0.2, -0.15) is 0 Å². The molecule has 1 aromatic rings. The molecule has 7 nitrogen and oxygen atoms in total. The summed E-state index contributed by atoms with van der Waals surface area (Å²) in [7, 11) is 1.40. The van der Waals surface area contributed by atoms with Gasteiger partial charge in [0.05, 0.1) is 17.8 Å². The molecule has 134 valence electrons. The van der Waals surface area contributed by atoms with Gasteiger partial charge in [0, 0.05) is 24.4 Å². The molecule has 1 unspecified atom stereocenters. The summed E-state index contributed by atoms with van der Waals surface area (Å²) < 4.78 is 4.97. The summed E-state index contributed by atoms with van der Waals surface area (Å²) >= 11 is 1.44. The third kappa shape index (κ3) is 6.18. The number of amides is 1. The van der Waals surface area contributed by atoms with Gasteiger partial charge < -0.3 is 15.4 Å². The van der Waals surface area contributed by atoms with E-state index < -0.39 is 4.92 Å². The average molecular weight is 376 g/mol. The highest BCUT2D eigenvalue weighted by Gasteiger charge is 2.17. The molecule has 24 heavy (non-hydrogen) atoms. The number of piperidine rings is 1. The Hall–Kier alpha value is -1.51. The van der Waals surface area contributed by atoms with Crippen molar-refractivity contribution in [1.29, 1.82) is 0 Å². The van der Waals surface area contributed by atoms with Crippen LogP contribution in [-0.4, -0.2) is 42.8 Å². The maximum absolute atomic E-state index is 11.9. The van der Waals surface area contributed by atoms with Crippen molar-refractivity contribution in [1.82, 2.24) is 10.6 Å². The first-order chi connectivity index (χ1) is 11.1. The summed E-state index contributed by atoms with van der Waals surface area (Å²) in [6.45, 7) is 1.83. The Bertz CT molecular complexity index is 568. The molecule has 1 amide bonds. The molecule has 1 heterocycles. The zero-order valence-corrected chi connectivity index (χ0v) is 15.1. The van der Waals surface area contributed by atoms with Crippen molar-refractivity contribution >= 4 is 35.8 Å². The Labute approximate surface area is 151 Å². The maximum atomic E-state index is 11.9. The highest BCUT2D eigenvalue weighted by Crippen LogP contribution is 2.28. The lowest BCUT2D eigenvalue weighted by Crippen LogP contribution is -2.46. The molecule has 9 heteroatoms. The van der Waals surface area contributed by atoms with E-state index in [-0.39, 0.29) is 35.8 Å². The van der Waals surface area contributed by atoms with Gasteiger partial charge in [0.25, 0.3) is 0 Å². The van der Waals surface area contributed by atoms with Gasteiger partial charge in [0.1, 0.15) is 0 Å². The third-order valence-corrected chi connectivity index (χ3v) is 4.61. The van der Waals surface area contributed by atoms with E-state index in [1.54, 1.807) is 12.1 Å². The van der Waals surface area contributed by atoms with Crippen LogP contribution in [0.4, 0.5) is 5.69 Å². The van der Waals surface area contributed by atoms with Gasteiger partial charge in [-0.3, -0.25) is 14.9 Å². The fraction of sp³-hybridized carbons (Fsp3) is 0.533. The molecule has 1 aromatic carbocycles. The van der Waals surface area contributed by atoms with E-state index in [9.17, 15) is 14.9 Å². The number of methoxy groups -OCH3 is 1. The normalized spacial score (nSPS) is 16.8. The number of ether oxygens (including phenoxy) is 1. The second kappa shape index (κ2) is 10.4. The minimum Gasteiger partial charge on any atom is -0.490 e. The molecule has 0 saturated carbocycles. The zero-order valence-electron chi connectivity index (χ0n) is 13.4. The molecular formula is C15H22ClN3O4S. The molecule has 2 rings (SSSR count). The summed E-state index contributed by atoms with van der Waals surface area (Å²) in [5.41, 5.74) is 0.748. The largest absolute Gasteiger partial charge is 0.490 e. The highest BCUT2D eigenvalue weighted by atomic mass is 35.5. The van der Waals surface area contributed by atoms with E-state index in [0.29, 0.717) is 11.5 Å². The molecule has 0 aliphatic carbocycles. The van der Waals surface area contributed by atoms with Crippen molar-refractivity contribution < 1.29 is 14.5 Å². The number of rotatable bonds is 7. The summed E-state index contributed by atoms with van der Waals surface area (Å²) in [6, 6.07) is 5.07. The minimum atomic E-state index is -0.463. The van der Waals surface area contributed by atoms with Crippen LogP contribution in [0.2, 0.25) is 0 Å². The van der Waals surface area contributed by atoms with Crippen LogP contribution in [0.3, 0.4) is 0 Å². The van der Waals surface area contributed by atoms with Crippen LogP contribution in [0, 0.1) is 10.1 Å². The van der Waals surface area contributed by atoms with E-state index in [1.807, 2.05) is 0 Å². The highest BCUT2D eigenvalue weighted by molar-refractivity contribution is 7.99. The van der Waals surface area contributed by atoms with Gasteiger partial charge >= 0.3 is 5.69 Å².